The van der Waals surface area contributed by atoms with Crippen LogP contribution in [0.4, 0.5) is 5.69 Å². The lowest BCUT2D eigenvalue weighted by molar-refractivity contribution is 0.584. The van der Waals surface area contributed by atoms with Crippen LogP contribution in [0.2, 0.25) is 5.02 Å². The molecule has 0 bridgehead atoms. The highest BCUT2D eigenvalue weighted by Gasteiger charge is 2.09. The second-order valence-electron chi connectivity index (χ2n) is 4.55. The first kappa shape index (κ1) is 13.3. The second-order valence-corrected chi connectivity index (χ2v) is 4.95. The molecule has 2 N–H and O–H groups in total. The molecule has 0 aliphatic carbocycles. The van der Waals surface area contributed by atoms with Gasteiger partial charge in [0.15, 0.2) is 0 Å². The maximum absolute atomic E-state index is 6.13. The van der Waals surface area contributed by atoms with Crippen LogP contribution in [-0.4, -0.2) is 13.6 Å². The number of halogens is 1. The van der Waals surface area contributed by atoms with Crippen LogP contribution < -0.4 is 10.6 Å². The quantitative estimate of drug-likeness (QED) is 0.856. The van der Waals surface area contributed by atoms with Crippen LogP contribution in [0.3, 0.4) is 0 Å². The highest BCUT2D eigenvalue weighted by molar-refractivity contribution is 6.31. The SMILES string of the molecule is CC(C)CCN(C)c1cccc(Cl)c1CN. The molecule has 2 nitrogen and oxygen atoms in total. The Morgan fingerprint density at radius 3 is 2.62 bits per heavy atom. The zero-order chi connectivity index (χ0) is 12.1. The second kappa shape index (κ2) is 6.12. The molecule has 90 valence electrons. The lowest BCUT2D eigenvalue weighted by atomic mass is 10.1. The summed E-state index contributed by atoms with van der Waals surface area (Å²) in [4.78, 5) is 2.23. The fourth-order valence-corrected chi connectivity index (χ4v) is 1.93. The highest BCUT2D eigenvalue weighted by atomic mass is 35.5. The third-order valence-corrected chi connectivity index (χ3v) is 3.11. The molecule has 1 aromatic carbocycles. The maximum Gasteiger partial charge on any atom is 0.0471 e. The molecule has 0 radical (unpaired) electrons. The van der Waals surface area contributed by atoms with Crippen molar-refractivity contribution in [1.82, 2.24) is 0 Å². The van der Waals surface area contributed by atoms with Crippen LogP contribution in [0.15, 0.2) is 18.2 Å². The van der Waals surface area contributed by atoms with E-state index in [9.17, 15) is 0 Å². The minimum Gasteiger partial charge on any atom is -0.374 e. The van der Waals surface area contributed by atoms with E-state index >= 15 is 0 Å². The molecule has 0 amide bonds. The van der Waals surface area contributed by atoms with Crippen LogP contribution in [0.1, 0.15) is 25.8 Å². The Morgan fingerprint density at radius 1 is 1.38 bits per heavy atom. The fourth-order valence-electron chi connectivity index (χ4n) is 1.68. The van der Waals surface area contributed by atoms with Crippen LogP contribution >= 0.6 is 11.6 Å². The molecule has 0 atom stereocenters. The molecule has 0 saturated carbocycles. The van der Waals surface area contributed by atoms with Crippen molar-refractivity contribution in [2.45, 2.75) is 26.8 Å². The van der Waals surface area contributed by atoms with Gasteiger partial charge in [0.2, 0.25) is 0 Å². The number of nitrogens with two attached hydrogens (primary N) is 1. The first-order chi connectivity index (χ1) is 7.56. The van der Waals surface area contributed by atoms with E-state index in [0.717, 1.165) is 22.8 Å². The zero-order valence-corrected chi connectivity index (χ0v) is 11.1. The van der Waals surface area contributed by atoms with Crippen molar-refractivity contribution < 1.29 is 0 Å². The van der Waals surface area contributed by atoms with Crippen LogP contribution in [0, 0.1) is 5.92 Å². The summed E-state index contributed by atoms with van der Waals surface area (Å²) in [6.07, 6.45) is 1.17. The van der Waals surface area contributed by atoms with Gasteiger partial charge in [-0.25, -0.2) is 0 Å². The van der Waals surface area contributed by atoms with Gasteiger partial charge in [0.1, 0.15) is 0 Å². The molecule has 0 fully saturated rings. The first-order valence-corrected chi connectivity index (χ1v) is 6.12. The standard InChI is InChI=1S/C13H21ClN2/c1-10(2)7-8-16(3)13-6-4-5-12(14)11(13)9-15/h4-6,10H,7-9,15H2,1-3H3. The Labute approximate surface area is 103 Å². The predicted octanol–water partition coefficient (Wildman–Crippen LogP) is 3.28. The van der Waals surface area contributed by atoms with E-state index in [2.05, 4.69) is 31.9 Å². The summed E-state index contributed by atoms with van der Waals surface area (Å²) in [5.41, 5.74) is 7.92. The van der Waals surface area contributed by atoms with Gasteiger partial charge in [0, 0.05) is 36.4 Å². The monoisotopic (exact) mass is 240 g/mol. The molecule has 1 aromatic rings. The van der Waals surface area contributed by atoms with E-state index in [1.165, 1.54) is 6.42 Å². The van der Waals surface area contributed by atoms with E-state index < -0.39 is 0 Å². The van der Waals surface area contributed by atoms with Gasteiger partial charge in [-0.05, 0) is 24.5 Å². The Kier molecular flexibility index (Phi) is 5.10. The molecule has 0 unspecified atom stereocenters. The third kappa shape index (κ3) is 3.39. The largest absolute Gasteiger partial charge is 0.374 e. The van der Waals surface area contributed by atoms with Crippen molar-refractivity contribution in [3.63, 3.8) is 0 Å². The predicted molar refractivity (Wildman–Crippen MR) is 72.1 cm³/mol. The number of hydrogen-bond donors (Lipinski definition) is 1. The molecule has 16 heavy (non-hydrogen) atoms. The summed E-state index contributed by atoms with van der Waals surface area (Å²) in [5.74, 6) is 0.711. The minimum absolute atomic E-state index is 0.487. The van der Waals surface area contributed by atoms with Crippen molar-refractivity contribution in [2.75, 3.05) is 18.5 Å². The van der Waals surface area contributed by atoms with Crippen LogP contribution in [-0.2, 0) is 6.54 Å². The number of rotatable bonds is 5. The van der Waals surface area contributed by atoms with Gasteiger partial charge < -0.3 is 10.6 Å². The van der Waals surface area contributed by atoms with E-state index in [1.54, 1.807) is 0 Å². The molecular formula is C13H21ClN2. The summed E-state index contributed by atoms with van der Waals surface area (Å²) in [7, 11) is 2.09. The van der Waals surface area contributed by atoms with Crippen molar-refractivity contribution in [3.05, 3.63) is 28.8 Å². The minimum atomic E-state index is 0.487. The summed E-state index contributed by atoms with van der Waals surface area (Å²) in [6, 6.07) is 5.95. The van der Waals surface area contributed by atoms with Crippen LogP contribution in [0.5, 0.6) is 0 Å². The topological polar surface area (TPSA) is 29.3 Å². The van der Waals surface area contributed by atoms with Gasteiger partial charge >= 0.3 is 0 Å². The molecule has 0 saturated heterocycles. The van der Waals surface area contributed by atoms with Crippen molar-refractivity contribution in [3.8, 4) is 0 Å². The van der Waals surface area contributed by atoms with Gasteiger partial charge in [-0.1, -0.05) is 31.5 Å². The molecule has 0 heterocycles. The van der Waals surface area contributed by atoms with E-state index in [0.29, 0.717) is 12.5 Å². The number of hydrogen-bond acceptors (Lipinski definition) is 2. The number of benzene rings is 1. The first-order valence-electron chi connectivity index (χ1n) is 5.74. The van der Waals surface area contributed by atoms with Crippen LogP contribution in [0.25, 0.3) is 0 Å². The molecule has 0 aromatic heterocycles. The Balaban J connectivity index is 2.82. The molecular weight excluding hydrogens is 220 g/mol. The summed E-state index contributed by atoms with van der Waals surface area (Å²) >= 11 is 6.13. The van der Waals surface area contributed by atoms with Crippen molar-refractivity contribution >= 4 is 17.3 Å². The summed E-state index contributed by atoms with van der Waals surface area (Å²) < 4.78 is 0. The lowest BCUT2D eigenvalue weighted by Gasteiger charge is -2.23. The average molecular weight is 241 g/mol. The maximum atomic E-state index is 6.13. The van der Waals surface area contributed by atoms with Gasteiger partial charge in [0.05, 0.1) is 0 Å². The molecule has 0 aliphatic heterocycles. The smallest absolute Gasteiger partial charge is 0.0471 e. The van der Waals surface area contributed by atoms with E-state index in [-0.39, 0.29) is 0 Å². The molecule has 0 spiro atoms. The lowest BCUT2D eigenvalue weighted by Crippen LogP contribution is -2.22. The van der Waals surface area contributed by atoms with E-state index in [4.69, 9.17) is 17.3 Å². The van der Waals surface area contributed by atoms with Crippen molar-refractivity contribution in [2.24, 2.45) is 11.7 Å². The van der Waals surface area contributed by atoms with E-state index in [1.807, 2.05) is 12.1 Å². The molecule has 1 rings (SSSR count). The average Bonchev–Trinajstić information content (AvgIpc) is 2.25. The fraction of sp³-hybridized carbons (Fsp3) is 0.538. The summed E-state index contributed by atoms with van der Waals surface area (Å²) in [6.45, 7) is 5.98. The normalized spacial score (nSPS) is 10.9. The summed E-state index contributed by atoms with van der Waals surface area (Å²) in [5, 5.41) is 0.761. The number of anilines is 1. The van der Waals surface area contributed by atoms with Gasteiger partial charge in [0.25, 0.3) is 0 Å². The number of nitrogens with zero attached hydrogens (tertiary/aromatic N) is 1. The van der Waals surface area contributed by atoms with Crippen molar-refractivity contribution in [1.29, 1.82) is 0 Å². The molecule has 0 aliphatic rings. The van der Waals surface area contributed by atoms with Gasteiger partial charge in [-0.15, -0.1) is 0 Å². The Morgan fingerprint density at radius 2 is 2.06 bits per heavy atom. The molecule has 3 heteroatoms. The zero-order valence-electron chi connectivity index (χ0n) is 10.3. The van der Waals surface area contributed by atoms with Gasteiger partial charge in [-0.2, -0.15) is 0 Å². The Hall–Kier alpha value is -0.730. The highest BCUT2D eigenvalue weighted by Crippen LogP contribution is 2.26. The van der Waals surface area contributed by atoms with Gasteiger partial charge in [-0.3, -0.25) is 0 Å². The third-order valence-electron chi connectivity index (χ3n) is 2.75. The Bertz CT molecular complexity index is 337.